The molecule has 1 unspecified atom stereocenters. The first-order valence-corrected chi connectivity index (χ1v) is 9.38. The number of Topliss-reactive ketones (excluding diaryl/α,β-unsaturated/α-hetero) is 1. The lowest BCUT2D eigenvalue weighted by Crippen LogP contribution is -2.38. The van der Waals surface area contributed by atoms with Crippen LogP contribution in [0, 0.1) is 5.92 Å². The number of carbonyl (C=O) groups is 1. The first-order chi connectivity index (χ1) is 12.7. The number of hydrogen-bond donors (Lipinski definition) is 1. The fourth-order valence-corrected chi connectivity index (χ4v) is 3.64. The van der Waals surface area contributed by atoms with E-state index in [0.29, 0.717) is 17.2 Å². The molecule has 4 nitrogen and oxygen atoms in total. The molecule has 2 aromatic carbocycles. The molecule has 26 heavy (non-hydrogen) atoms. The van der Waals surface area contributed by atoms with Crippen molar-refractivity contribution in [3.05, 3.63) is 64.7 Å². The third kappa shape index (κ3) is 5.07. The maximum Gasteiger partial charge on any atom is 0.167 e. The second-order valence-corrected chi connectivity index (χ2v) is 7.10. The number of ether oxygens (including phenoxy) is 1. The Morgan fingerprint density at radius 1 is 1.23 bits per heavy atom. The largest absolute Gasteiger partial charge is 0.491 e. The number of aliphatic hydroxyl groups excluding tert-OH is 1. The summed E-state index contributed by atoms with van der Waals surface area (Å²) in [6.45, 7) is 2.83. The number of rotatable bonds is 7. The molecule has 1 saturated heterocycles. The standard InChI is InChI=1S/C21H24ClNO3/c22-19-7-2-5-17(13-19)21(25)18-6-3-9-23(15-18)14-16-4-1-8-20(12-16)26-11-10-24/h1-2,4-5,7-8,12-13,18,24H,3,6,9-11,14-15H2. The van der Waals surface area contributed by atoms with Crippen LogP contribution >= 0.6 is 11.6 Å². The Kier molecular flexibility index (Phi) is 6.67. The van der Waals surface area contributed by atoms with Crippen LogP contribution in [-0.4, -0.2) is 42.1 Å². The summed E-state index contributed by atoms with van der Waals surface area (Å²) in [4.78, 5) is 15.1. The number of carbonyl (C=O) groups excluding carboxylic acids is 1. The summed E-state index contributed by atoms with van der Waals surface area (Å²) < 4.78 is 5.48. The van der Waals surface area contributed by atoms with Crippen molar-refractivity contribution in [2.75, 3.05) is 26.3 Å². The van der Waals surface area contributed by atoms with Crippen molar-refractivity contribution in [3.8, 4) is 5.75 Å². The Bertz CT molecular complexity index is 750. The van der Waals surface area contributed by atoms with Gasteiger partial charge in [-0.25, -0.2) is 0 Å². The summed E-state index contributed by atoms with van der Waals surface area (Å²) in [5.74, 6) is 0.952. The molecule has 3 rings (SSSR count). The van der Waals surface area contributed by atoms with Crippen molar-refractivity contribution in [3.63, 3.8) is 0 Å². The SMILES string of the molecule is O=C(c1cccc(Cl)c1)C1CCCN(Cc2cccc(OCCO)c2)C1. The molecule has 138 valence electrons. The van der Waals surface area contributed by atoms with Gasteiger partial charge in [-0.1, -0.05) is 35.9 Å². The fraction of sp³-hybridized carbons (Fsp3) is 0.381. The van der Waals surface area contributed by atoms with E-state index in [2.05, 4.69) is 11.0 Å². The van der Waals surface area contributed by atoms with Gasteiger partial charge in [0.25, 0.3) is 0 Å². The van der Waals surface area contributed by atoms with Gasteiger partial charge in [-0.2, -0.15) is 0 Å². The number of likely N-dealkylation sites (tertiary alicyclic amines) is 1. The molecule has 5 heteroatoms. The molecule has 1 N–H and O–H groups in total. The molecule has 0 aliphatic carbocycles. The van der Waals surface area contributed by atoms with Gasteiger partial charge in [0.15, 0.2) is 5.78 Å². The van der Waals surface area contributed by atoms with Crippen LogP contribution in [0.15, 0.2) is 48.5 Å². The van der Waals surface area contributed by atoms with E-state index in [1.165, 1.54) is 0 Å². The zero-order chi connectivity index (χ0) is 18.4. The van der Waals surface area contributed by atoms with Crippen LogP contribution in [0.5, 0.6) is 5.75 Å². The smallest absolute Gasteiger partial charge is 0.167 e. The normalized spacial score (nSPS) is 17.8. The van der Waals surface area contributed by atoms with Gasteiger partial charge >= 0.3 is 0 Å². The van der Waals surface area contributed by atoms with E-state index < -0.39 is 0 Å². The quantitative estimate of drug-likeness (QED) is 0.750. The second kappa shape index (κ2) is 9.17. The van der Waals surface area contributed by atoms with E-state index in [1.54, 1.807) is 12.1 Å². The third-order valence-corrected chi connectivity index (χ3v) is 4.89. The topological polar surface area (TPSA) is 49.8 Å². The fourth-order valence-electron chi connectivity index (χ4n) is 3.45. The Morgan fingerprint density at radius 3 is 2.88 bits per heavy atom. The third-order valence-electron chi connectivity index (χ3n) is 4.65. The van der Waals surface area contributed by atoms with Crippen LogP contribution in [0.4, 0.5) is 0 Å². The van der Waals surface area contributed by atoms with Gasteiger partial charge in [0.05, 0.1) is 6.61 Å². The van der Waals surface area contributed by atoms with Crippen molar-refractivity contribution in [2.24, 2.45) is 5.92 Å². The van der Waals surface area contributed by atoms with Gasteiger partial charge in [0.2, 0.25) is 0 Å². The van der Waals surface area contributed by atoms with Crippen molar-refractivity contribution in [1.82, 2.24) is 4.90 Å². The number of aliphatic hydroxyl groups is 1. The molecule has 0 aromatic heterocycles. The van der Waals surface area contributed by atoms with Crippen molar-refractivity contribution >= 4 is 17.4 Å². The minimum atomic E-state index is 0.00362. The van der Waals surface area contributed by atoms with Crippen LogP contribution in [0.1, 0.15) is 28.8 Å². The minimum absolute atomic E-state index is 0.00362. The zero-order valence-corrected chi connectivity index (χ0v) is 15.5. The molecule has 2 aromatic rings. The highest BCUT2D eigenvalue weighted by Crippen LogP contribution is 2.24. The highest BCUT2D eigenvalue weighted by Gasteiger charge is 2.26. The average molecular weight is 374 g/mol. The lowest BCUT2D eigenvalue weighted by Gasteiger charge is -2.32. The minimum Gasteiger partial charge on any atom is -0.491 e. The van der Waals surface area contributed by atoms with Crippen molar-refractivity contribution in [2.45, 2.75) is 19.4 Å². The number of benzene rings is 2. The van der Waals surface area contributed by atoms with Gasteiger partial charge in [-0.05, 0) is 49.2 Å². The molecule has 1 aliphatic heterocycles. The van der Waals surface area contributed by atoms with Gasteiger partial charge < -0.3 is 9.84 Å². The molecular weight excluding hydrogens is 350 g/mol. The van der Waals surface area contributed by atoms with Crippen LogP contribution in [-0.2, 0) is 6.54 Å². The summed E-state index contributed by atoms with van der Waals surface area (Å²) in [5.41, 5.74) is 1.85. The molecule has 1 heterocycles. The van der Waals surface area contributed by atoms with Gasteiger partial charge in [0, 0.05) is 29.6 Å². The molecule has 1 fully saturated rings. The summed E-state index contributed by atoms with van der Waals surface area (Å²) in [7, 11) is 0. The van der Waals surface area contributed by atoms with Crippen LogP contribution in [0.2, 0.25) is 5.02 Å². The predicted molar refractivity (Wildman–Crippen MR) is 103 cm³/mol. The van der Waals surface area contributed by atoms with E-state index in [-0.39, 0.29) is 18.3 Å². The number of hydrogen-bond acceptors (Lipinski definition) is 4. The second-order valence-electron chi connectivity index (χ2n) is 6.67. The summed E-state index contributed by atoms with van der Waals surface area (Å²) >= 11 is 6.02. The van der Waals surface area contributed by atoms with Crippen molar-refractivity contribution < 1.29 is 14.6 Å². The molecule has 0 amide bonds. The summed E-state index contributed by atoms with van der Waals surface area (Å²) in [6.07, 6.45) is 1.93. The summed E-state index contributed by atoms with van der Waals surface area (Å²) in [6, 6.07) is 15.1. The first-order valence-electron chi connectivity index (χ1n) is 9.00. The summed E-state index contributed by atoms with van der Waals surface area (Å²) in [5, 5.41) is 9.48. The van der Waals surface area contributed by atoms with Gasteiger partial charge in [-0.3, -0.25) is 9.69 Å². The number of halogens is 1. The number of nitrogens with zero attached hydrogens (tertiary/aromatic N) is 1. The maximum atomic E-state index is 12.8. The molecule has 0 saturated carbocycles. The average Bonchev–Trinajstić information content (AvgIpc) is 2.66. The van der Waals surface area contributed by atoms with E-state index in [9.17, 15) is 4.79 Å². The molecule has 1 aliphatic rings. The lowest BCUT2D eigenvalue weighted by atomic mass is 9.90. The zero-order valence-electron chi connectivity index (χ0n) is 14.7. The molecular formula is C21H24ClNO3. The molecule has 0 radical (unpaired) electrons. The van der Waals surface area contributed by atoms with E-state index in [0.717, 1.165) is 43.8 Å². The van der Waals surface area contributed by atoms with E-state index in [4.69, 9.17) is 21.4 Å². The van der Waals surface area contributed by atoms with E-state index >= 15 is 0 Å². The van der Waals surface area contributed by atoms with Gasteiger partial charge in [-0.15, -0.1) is 0 Å². The van der Waals surface area contributed by atoms with Crippen molar-refractivity contribution in [1.29, 1.82) is 0 Å². The Hall–Kier alpha value is -1.88. The molecule has 0 spiro atoms. The highest BCUT2D eigenvalue weighted by atomic mass is 35.5. The van der Waals surface area contributed by atoms with Crippen LogP contribution < -0.4 is 4.74 Å². The highest BCUT2D eigenvalue weighted by molar-refractivity contribution is 6.31. The first kappa shape index (κ1) is 18.9. The van der Waals surface area contributed by atoms with Crippen LogP contribution in [0.3, 0.4) is 0 Å². The Morgan fingerprint density at radius 2 is 2.08 bits per heavy atom. The lowest BCUT2D eigenvalue weighted by molar-refractivity contribution is 0.0811. The van der Waals surface area contributed by atoms with Gasteiger partial charge in [0.1, 0.15) is 12.4 Å². The number of ketones is 1. The van der Waals surface area contributed by atoms with E-state index in [1.807, 2.05) is 30.3 Å². The predicted octanol–water partition coefficient (Wildman–Crippen LogP) is 3.81. The maximum absolute atomic E-state index is 12.8. The Labute approximate surface area is 159 Å². The number of piperidine rings is 1. The Balaban J connectivity index is 1.62. The molecule has 0 bridgehead atoms. The monoisotopic (exact) mass is 373 g/mol. The molecule has 1 atom stereocenters. The van der Waals surface area contributed by atoms with Crippen LogP contribution in [0.25, 0.3) is 0 Å².